The first-order valence-corrected chi connectivity index (χ1v) is 6.28. The first-order valence-electron chi connectivity index (χ1n) is 6.28. The van der Waals surface area contributed by atoms with E-state index in [1.165, 1.54) is 19.3 Å². The maximum Gasteiger partial charge on any atom is 0.226 e. The number of methoxy groups -OCH3 is 1. The number of nitrogens with one attached hydrogen (secondary N) is 2. The van der Waals surface area contributed by atoms with Gasteiger partial charge in [0.2, 0.25) is 11.8 Å². The average molecular weight is 234 g/mol. The zero-order chi connectivity index (χ0) is 11.7. The topological polar surface area (TPSA) is 59.1 Å². The van der Waals surface area contributed by atoms with Crippen LogP contribution >= 0.6 is 0 Å². The second kappa shape index (κ2) is 4.49. The molecule has 5 heteroatoms. The maximum absolute atomic E-state index is 5.37. The fourth-order valence-electron chi connectivity index (χ4n) is 2.29. The van der Waals surface area contributed by atoms with Gasteiger partial charge in [0.1, 0.15) is 0 Å². The van der Waals surface area contributed by atoms with E-state index in [0.717, 1.165) is 36.6 Å². The smallest absolute Gasteiger partial charge is 0.226 e. The van der Waals surface area contributed by atoms with Crippen LogP contribution < -0.4 is 15.4 Å². The van der Waals surface area contributed by atoms with Crippen molar-refractivity contribution in [2.24, 2.45) is 0 Å². The Balaban J connectivity index is 1.88. The minimum Gasteiger partial charge on any atom is -0.481 e. The van der Waals surface area contributed by atoms with Crippen LogP contribution in [0.5, 0.6) is 5.88 Å². The summed E-state index contributed by atoms with van der Waals surface area (Å²) in [4.78, 5) is 9.03. The second-order valence-corrected chi connectivity index (χ2v) is 4.68. The van der Waals surface area contributed by atoms with E-state index in [1.54, 1.807) is 7.11 Å². The maximum atomic E-state index is 5.37. The summed E-state index contributed by atoms with van der Waals surface area (Å²) in [6, 6.07) is 0.550. The van der Waals surface area contributed by atoms with Gasteiger partial charge in [-0.1, -0.05) is 0 Å². The van der Waals surface area contributed by atoms with E-state index in [9.17, 15) is 0 Å². The highest BCUT2D eigenvalue weighted by Gasteiger charge is 2.21. The van der Waals surface area contributed by atoms with Crippen LogP contribution in [0.2, 0.25) is 0 Å². The van der Waals surface area contributed by atoms with Crippen LogP contribution in [-0.2, 0) is 13.0 Å². The number of fused-ring (bicyclic) bond motifs is 1. The number of nitrogens with zero attached hydrogens (tertiary/aromatic N) is 2. The monoisotopic (exact) mass is 234 g/mol. The van der Waals surface area contributed by atoms with Crippen LogP contribution in [0, 0.1) is 0 Å². The van der Waals surface area contributed by atoms with E-state index >= 15 is 0 Å². The Morgan fingerprint density at radius 2 is 2.24 bits per heavy atom. The van der Waals surface area contributed by atoms with Gasteiger partial charge >= 0.3 is 0 Å². The Kier molecular flexibility index (Phi) is 2.84. The summed E-state index contributed by atoms with van der Waals surface area (Å²) >= 11 is 0. The summed E-state index contributed by atoms with van der Waals surface area (Å²) < 4.78 is 5.37. The van der Waals surface area contributed by atoms with Gasteiger partial charge in [0.25, 0.3) is 0 Å². The second-order valence-electron chi connectivity index (χ2n) is 4.68. The molecule has 5 nitrogen and oxygen atoms in total. The molecule has 0 bridgehead atoms. The van der Waals surface area contributed by atoms with E-state index in [1.807, 2.05) is 0 Å². The van der Waals surface area contributed by atoms with Crippen molar-refractivity contribution in [1.29, 1.82) is 0 Å². The minimum atomic E-state index is 0.550. The molecular formula is C12H18N4O. The molecule has 1 aliphatic carbocycles. The lowest BCUT2D eigenvalue weighted by Gasteiger charge is -2.27. The Labute approximate surface area is 101 Å². The predicted octanol–water partition coefficient (Wildman–Crippen LogP) is 1.10. The molecule has 17 heavy (non-hydrogen) atoms. The lowest BCUT2D eigenvalue weighted by atomic mass is 9.93. The van der Waals surface area contributed by atoms with Crippen molar-refractivity contribution in [3.63, 3.8) is 0 Å². The summed E-state index contributed by atoms with van der Waals surface area (Å²) in [6.07, 6.45) is 4.70. The summed E-state index contributed by atoms with van der Waals surface area (Å²) in [6.45, 7) is 1.79. The number of ether oxygens (including phenoxy) is 1. The Morgan fingerprint density at radius 1 is 1.35 bits per heavy atom. The number of hydrogen-bond donors (Lipinski definition) is 2. The number of rotatable bonds is 3. The Morgan fingerprint density at radius 3 is 2.94 bits per heavy atom. The van der Waals surface area contributed by atoms with Gasteiger partial charge in [-0.2, -0.15) is 4.98 Å². The summed E-state index contributed by atoms with van der Waals surface area (Å²) in [5.41, 5.74) is 2.23. The van der Waals surface area contributed by atoms with E-state index in [2.05, 4.69) is 20.6 Å². The summed E-state index contributed by atoms with van der Waals surface area (Å²) in [7, 11) is 1.68. The highest BCUT2D eigenvalue weighted by Crippen LogP contribution is 2.26. The zero-order valence-corrected chi connectivity index (χ0v) is 10.1. The average Bonchev–Trinajstić information content (AvgIpc) is 2.33. The van der Waals surface area contributed by atoms with E-state index < -0.39 is 0 Å². The molecule has 0 radical (unpaired) electrons. The van der Waals surface area contributed by atoms with Crippen molar-refractivity contribution < 1.29 is 4.74 Å². The molecule has 92 valence electrons. The molecule has 1 aliphatic heterocycles. The van der Waals surface area contributed by atoms with Gasteiger partial charge < -0.3 is 15.4 Å². The van der Waals surface area contributed by atoms with Crippen LogP contribution in [0.3, 0.4) is 0 Å². The van der Waals surface area contributed by atoms with Gasteiger partial charge in [-0.25, -0.2) is 4.98 Å². The predicted molar refractivity (Wildman–Crippen MR) is 65.3 cm³/mol. The van der Waals surface area contributed by atoms with Crippen LogP contribution in [0.1, 0.15) is 30.5 Å². The highest BCUT2D eigenvalue weighted by molar-refractivity contribution is 5.40. The standard InChI is InChI=1S/C12H18N4O/c1-17-11-9-5-6-13-7-10(9)15-12(16-11)14-8-3-2-4-8/h8,13H,2-7H2,1H3,(H,14,15,16). The fourth-order valence-corrected chi connectivity index (χ4v) is 2.29. The first-order chi connectivity index (χ1) is 8.36. The molecule has 3 rings (SSSR count). The van der Waals surface area contributed by atoms with Crippen molar-refractivity contribution in [3.05, 3.63) is 11.3 Å². The first kappa shape index (κ1) is 10.8. The van der Waals surface area contributed by atoms with Gasteiger partial charge in [0.05, 0.1) is 12.8 Å². The fraction of sp³-hybridized carbons (Fsp3) is 0.667. The molecule has 2 N–H and O–H groups in total. The molecule has 1 fully saturated rings. The quantitative estimate of drug-likeness (QED) is 0.820. The highest BCUT2D eigenvalue weighted by atomic mass is 16.5. The van der Waals surface area contributed by atoms with Crippen molar-refractivity contribution >= 4 is 5.95 Å². The molecule has 1 aromatic heterocycles. The third kappa shape index (κ3) is 2.07. The Hall–Kier alpha value is -1.36. The third-order valence-electron chi connectivity index (χ3n) is 3.53. The summed E-state index contributed by atoms with van der Waals surface area (Å²) in [5, 5.41) is 6.70. The number of aromatic nitrogens is 2. The molecule has 0 unspecified atom stereocenters. The lowest BCUT2D eigenvalue weighted by Crippen LogP contribution is -2.30. The Bertz CT molecular complexity index is 400. The molecule has 0 atom stereocenters. The molecular weight excluding hydrogens is 216 g/mol. The van der Waals surface area contributed by atoms with E-state index in [4.69, 9.17) is 4.74 Å². The van der Waals surface area contributed by atoms with Crippen molar-refractivity contribution in [2.75, 3.05) is 19.0 Å². The molecule has 0 amide bonds. The van der Waals surface area contributed by atoms with E-state index in [-0.39, 0.29) is 0 Å². The van der Waals surface area contributed by atoms with Crippen LogP contribution in [0.25, 0.3) is 0 Å². The van der Waals surface area contributed by atoms with Crippen molar-refractivity contribution in [3.8, 4) is 5.88 Å². The third-order valence-corrected chi connectivity index (χ3v) is 3.53. The molecule has 2 aliphatic rings. The molecule has 2 heterocycles. The van der Waals surface area contributed by atoms with Crippen LogP contribution in [0.15, 0.2) is 0 Å². The minimum absolute atomic E-state index is 0.550. The zero-order valence-electron chi connectivity index (χ0n) is 10.1. The van der Waals surface area contributed by atoms with Crippen LogP contribution in [0.4, 0.5) is 5.95 Å². The van der Waals surface area contributed by atoms with Gasteiger partial charge in [-0.3, -0.25) is 0 Å². The normalized spacial score (nSPS) is 19.4. The largest absolute Gasteiger partial charge is 0.481 e. The lowest BCUT2D eigenvalue weighted by molar-refractivity contribution is 0.385. The van der Waals surface area contributed by atoms with Crippen LogP contribution in [-0.4, -0.2) is 29.7 Å². The summed E-state index contributed by atoms with van der Waals surface area (Å²) in [5.74, 6) is 1.45. The van der Waals surface area contributed by atoms with E-state index in [0.29, 0.717) is 12.0 Å². The number of anilines is 1. The SMILES string of the molecule is COc1nc(NC2CCC2)nc2c1CCNC2. The van der Waals surface area contributed by atoms with Gasteiger partial charge in [0.15, 0.2) is 0 Å². The van der Waals surface area contributed by atoms with Gasteiger partial charge in [-0.15, -0.1) is 0 Å². The van der Waals surface area contributed by atoms with Crippen molar-refractivity contribution in [1.82, 2.24) is 15.3 Å². The molecule has 0 spiro atoms. The molecule has 0 aromatic carbocycles. The van der Waals surface area contributed by atoms with Gasteiger partial charge in [-0.05, 0) is 32.2 Å². The van der Waals surface area contributed by atoms with Crippen molar-refractivity contribution in [2.45, 2.75) is 38.3 Å². The number of hydrogen-bond acceptors (Lipinski definition) is 5. The molecule has 0 saturated heterocycles. The molecule has 1 saturated carbocycles. The van der Waals surface area contributed by atoms with Gasteiger partial charge in [0, 0.05) is 18.2 Å². The molecule has 1 aromatic rings.